The molecule has 45 heavy (non-hydrogen) atoms. The summed E-state index contributed by atoms with van der Waals surface area (Å²) in [4.78, 5) is 29.1. The summed E-state index contributed by atoms with van der Waals surface area (Å²) in [5.41, 5.74) is 2.54. The number of amides is 2. The molecule has 10 heteroatoms. The molecule has 1 saturated heterocycles. The summed E-state index contributed by atoms with van der Waals surface area (Å²) in [5.74, 6) is 1.84. The van der Waals surface area contributed by atoms with E-state index in [4.69, 9.17) is 18.9 Å². The largest absolute Gasteiger partial charge is 0.496 e. The van der Waals surface area contributed by atoms with Gasteiger partial charge in [-0.25, -0.2) is 0 Å². The van der Waals surface area contributed by atoms with Gasteiger partial charge in [-0.2, -0.15) is 0 Å². The van der Waals surface area contributed by atoms with Crippen molar-refractivity contribution in [3.63, 3.8) is 0 Å². The predicted molar refractivity (Wildman–Crippen MR) is 175 cm³/mol. The number of para-hydroxylation sites is 2. The van der Waals surface area contributed by atoms with Gasteiger partial charge in [-0.3, -0.25) is 9.59 Å². The van der Waals surface area contributed by atoms with Crippen LogP contribution in [0.2, 0.25) is 0 Å². The van der Waals surface area contributed by atoms with Crippen LogP contribution in [0.15, 0.2) is 72.8 Å². The van der Waals surface area contributed by atoms with E-state index in [1.807, 2.05) is 53.4 Å². The van der Waals surface area contributed by atoms with Crippen LogP contribution in [0.25, 0.3) is 0 Å². The monoisotopic (exact) mass is 637 g/mol. The smallest absolute Gasteiger partial charge is 0.251 e. The van der Waals surface area contributed by atoms with Crippen LogP contribution in [0, 0.1) is 5.92 Å². The number of nitrogens with one attached hydrogen (secondary N) is 2. The van der Waals surface area contributed by atoms with Crippen molar-refractivity contribution in [2.75, 3.05) is 40.5 Å². The summed E-state index contributed by atoms with van der Waals surface area (Å²) in [6.07, 6.45) is 3.43. The summed E-state index contributed by atoms with van der Waals surface area (Å²) < 4.78 is 22.5. The van der Waals surface area contributed by atoms with Gasteiger partial charge < -0.3 is 34.5 Å². The van der Waals surface area contributed by atoms with E-state index >= 15 is 0 Å². The maximum Gasteiger partial charge on any atom is 0.251 e. The van der Waals surface area contributed by atoms with E-state index in [9.17, 15) is 9.59 Å². The lowest BCUT2D eigenvalue weighted by Gasteiger charge is -2.36. The van der Waals surface area contributed by atoms with Crippen molar-refractivity contribution in [3.05, 3.63) is 89.5 Å². The minimum Gasteiger partial charge on any atom is -0.496 e. The number of hydrogen-bond acceptors (Lipinski definition) is 7. The molecule has 1 aliphatic heterocycles. The molecular weight excluding hydrogens is 594 g/mol. The molecule has 5 rings (SSSR count). The number of rotatable bonds is 15. The standard InChI is InChI=1S/C35H43N3O6.ClH/c1-41-32-10-5-3-8-26(32)23-38(28-14-15-28)35(40)30-22-36-19-18-31(30)37-34(39)25-12-16-29(17-13-25)44-21-7-20-43-24-27-9-4-6-11-33(27)42-2;/h3-6,8-13,16-17,28,30-31,36H,7,14-15,18-24H2,1-2H3,(H,37,39);1H. The average molecular weight is 638 g/mol. The van der Waals surface area contributed by atoms with E-state index in [0.29, 0.717) is 50.6 Å². The molecule has 2 amide bonds. The molecule has 1 heterocycles. The van der Waals surface area contributed by atoms with Crippen molar-refractivity contribution in [2.45, 2.75) is 50.9 Å². The molecule has 9 nitrogen and oxygen atoms in total. The summed E-state index contributed by atoms with van der Waals surface area (Å²) in [5, 5.41) is 6.51. The van der Waals surface area contributed by atoms with Crippen LogP contribution in [0.5, 0.6) is 17.2 Å². The van der Waals surface area contributed by atoms with Crippen molar-refractivity contribution in [1.29, 1.82) is 0 Å². The van der Waals surface area contributed by atoms with Gasteiger partial charge in [-0.1, -0.05) is 36.4 Å². The van der Waals surface area contributed by atoms with E-state index < -0.39 is 0 Å². The number of hydrogen-bond donors (Lipinski definition) is 2. The van der Waals surface area contributed by atoms with E-state index in [0.717, 1.165) is 48.4 Å². The van der Waals surface area contributed by atoms with Crippen molar-refractivity contribution in [3.8, 4) is 17.2 Å². The molecule has 0 spiro atoms. The zero-order valence-corrected chi connectivity index (χ0v) is 26.9. The molecule has 3 aromatic rings. The van der Waals surface area contributed by atoms with E-state index in [2.05, 4.69) is 10.6 Å². The highest BCUT2D eigenvalue weighted by Crippen LogP contribution is 2.32. The van der Waals surface area contributed by atoms with Crippen LogP contribution in [-0.2, 0) is 22.7 Å². The van der Waals surface area contributed by atoms with Gasteiger partial charge in [0.15, 0.2) is 0 Å². The van der Waals surface area contributed by atoms with Gasteiger partial charge in [-0.15, -0.1) is 12.4 Å². The summed E-state index contributed by atoms with van der Waals surface area (Å²) in [6.45, 7) is 3.33. The van der Waals surface area contributed by atoms with Gasteiger partial charge >= 0.3 is 0 Å². The van der Waals surface area contributed by atoms with Crippen molar-refractivity contribution in [2.24, 2.45) is 5.92 Å². The van der Waals surface area contributed by atoms with Crippen molar-refractivity contribution >= 4 is 24.2 Å². The number of carbonyl (C=O) groups excluding carboxylic acids is 2. The van der Waals surface area contributed by atoms with Crippen LogP contribution in [-0.4, -0.2) is 69.3 Å². The molecule has 0 bridgehead atoms. The first-order chi connectivity index (χ1) is 21.6. The second-order valence-corrected chi connectivity index (χ2v) is 11.3. The number of methoxy groups -OCH3 is 2. The lowest BCUT2D eigenvalue weighted by atomic mass is 9.91. The first kappa shape index (κ1) is 34.1. The lowest BCUT2D eigenvalue weighted by Crippen LogP contribution is -2.55. The average Bonchev–Trinajstić information content (AvgIpc) is 3.91. The summed E-state index contributed by atoms with van der Waals surface area (Å²) in [6, 6.07) is 22.8. The minimum absolute atomic E-state index is 0. The van der Waals surface area contributed by atoms with Gasteiger partial charge in [0.2, 0.25) is 5.91 Å². The highest BCUT2D eigenvalue weighted by molar-refractivity contribution is 5.95. The van der Waals surface area contributed by atoms with E-state index in [1.54, 1.807) is 38.5 Å². The number of benzene rings is 3. The SMILES string of the molecule is COc1ccccc1COCCCOc1ccc(C(=O)NC2CCNCC2C(=O)N(Cc2ccccc2OC)C2CC2)cc1.Cl. The van der Waals surface area contributed by atoms with Crippen LogP contribution < -0.4 is 24.8 Å². The first-order valence-electron chi connectivity index (χ1n) is 15.4. The molecule has 2 fully saturated rings. The van der Waals surface area contributed by atoms with Gasteiger partial charge in [0, 0.05) is 48.3 Å². The van der Waals surface area contributed by atoms with Gasteiger partial charge in [0.25, 0.3) is 5.91 Å². The third-order valence-electron chi connectivity index (χ3n) is 8.19. The van der Waals surface area contributed by atoms with Crippen molar-refractivity contribution in [1.82, 2.24) is 15.5 Å². The molecule has 1 saturated carbocycles. The molecule has 2 aliphatic rings. The van der Waals surface area contributed by atoms with Gasteiger partial charge in [-0.05, 0) is 62.2 Å². The van der Waals surface area contributed by atoms with Gasteiger partial charge in [0.05, 0.1) is 40.0 Å². The Hall–Kier alpha value is -3.79. The fourth-order valence-corrected chi connectivity index (χ4v) is 5.60. The summed E-state index contributed by atoms with van der Waals surface area (Å²) in [7, 11) is 3.31. The highest BCUT2D eigenvalue weighted by Gasteiger charge is 2.40. The quantitative estimate of drug-likeness (QED) is 0.226. The number of halogens is 1. The fourth-order valence-electron chi connectivity index (χ4n) is 5.60. The Morgan fingerprint density at radius 3 is 2.22 bits per heavy atom. The Morgan fingerprint density at radius 1 is 0.867 bits per heavy atom. The highest BCUT2D eigenvalue weighted by atomic mass is 35.5. The molecule has 2 unspecified atom stereocenters. The topological polar surface area (TPSA) is 98.4 Å². The molecule has 0 radical (unpaired) electrons. The molecular formula is C35H44ClN3O6. The number of carbonyl (C=O) groups is 2. The Kier molecular flexibility index (Phi) is 12.9. The first-order valence-corrected chi connectivity index (χ1v) is 15.4. The van der Waals surface area contributed by atoms with Crippen LogP contribution in [0.4, 0.5) is 0 Å². The van der Waals surface area contributed by atoms with E-state index in [-0.39, 0.29) is 42.2 Å². The van der Waals surface area contributed by atoms with Crippen LogP contribution >= 0.6 is 12.4 Å². The second-order valence-electron chi connectivity index (χ2n) is 11.3. The zero-order valence-electron chi connectivity index (χ0n) is 26.0. The second kappa shape index (κ2) is 17.1. The molecule has 3 aromatic carbocycles. The Labute approximate surface area is 272 Å². The van der Waals surface area contributed by atoms with Gasteiger partial charge in [0.1, 0.15) is 17.2 Å². The number of nitrogens with zero attached hydrogens (tertiary/aromatic N) is 1. The Morgan fingerprint density at radius 2 is 1.53 bits per heavy atom. The molecule has 1 aliphatic carbocycles. The van der Waals surface area contributed by atoms with Crippen molar-refractivity contribution < 1.29 is 28.5 Å². The zero-order chi connectivity index (χ0) is 30.7. The Balaban J connectivity index is 0.00000461. The molecule has 2 N–H and O–H groups in total. The van der Waals surface area contributed by atoms with E-state index in [1.165, 1.54) is 0 Å². The lowest BCUT2D eigenvalue weighted by molar-refractivity contribution is -0.138. The number of ether oxygens (including phenoxy) is 4. The van der Waals surface area contributed by atoms with Crippen LogP contribution in [0.3, 0.4) is 0 Å². The third-order valence-corrected chi connectivity index (χ3v) is 8.19. The third kappa shape index (κ3) is 9.36. The summed E-state index contributed by atoms with van der Waals surface area (Å²) >= 11 is 0. The molecule has 0 aromatic heterocycles. The Bertz CT molecular complexity index is 1380. The molecule has 242 valence electrons. The minimum atomic E-state index is -0.337. The fraction of sp³-hybridized carbons (Fsp3) is 0.429. The van der Waals surface area contributed by atoms with Crippen LogP contribution in [0.1, 0.15) is 47.2 Å². The predicted octanol–water partition coefficient (Wildman–Crippen LogP) is 5.01. The number of piperidine rings is 1. The normalized spacial score (nSPS) is 17.5. The molecule has 2 atom stereocenters. The maximum atomic E-state index is 13.9. The maximum absolute atomic E-state index is 13.9.